The first-order chi connectivity index (χ1) is 15.9. The molecule has 0 radical (unpaired) electrons. The van der Waals surface area contributed by atoms with Crippen molar-refractivity contribution in [1.82, 2.24) is 0 Å². The number of para-hydroxylation sites is 1. The lowest BCUT2D eigenvalue weighted by molar-refractivity contribution is -0.114. The first-order valence-electron chi connectivity index (χ1n) is 10.2. The second kappa shape index (κ2) is 8.07. The zero-order valence-electron chi connectivity index (χ0n) is 17.4. The molecule has 7 nitrogen and oxygen atoms in total. The van der Waals surface area contributed by atoms with Crippen LogP contribution in [0, 0.1) is 0 Å². The molecule has 0 spiro atoms. The Morgan fingerprint density at radius 2 is 1.48 bits per heavy atom. The normalized spacial score (nSPS) is 12.7. The van der Waals surface area contributed by atoms with Gasteiger partial charge in [-0.1, -0.05) is 42.5 Å². The van der Waals surface area contributed by atoms with Crippen LogP contribution in [0.1, 0.15) is 10.4 Å². The summed E-state index contributed by atoms with van der Waals surface area (Å²) in [5.41, 5.74) is 2.18. The highest BCUT2D eigenvalue weighted by Gasteiger charge is 2.30. The summed E-state index contributed by atoms with van der Waals surface area (Å²) in [5, 5.41) is 4.52. The maximum absolute atomic E-state index is 12.8. The summed E-state index contributed by atoms with van der Waals surface area (Å²) in [6, 6.07) is 25.6. The Morgan fingerprint density at radius 3 is 2.21 bits per heavy atom. The second-order valence-electron chi connectivity index (χ2n) is 7.62. The first kappa shape index (κ1) is 20.7. The number of amides is 2. The van der Waals surface area contributed by atoms with Crippen molar-refractivity contribution in [3.8, 4) is 0 Å². The molecule has 4 aromatic carbocycles. The van der Waals surface area contributed by atoms with Crippen molar-refractivity contribution in [2.75, 3.05) is 21.5 Å². The van der Waals surface area contributed by atoms with E-state index in [0.717, 1.165) is 10.8 Å². The molecular formula is C25H19N3O4S. The Balaban J connectivity index is 1.29. The number of hydrogen-bond donors (Lipinski definition) is 2. The van der Waals surface area contributed by atoms with Gasteiger partial charge in [0.2, 0.25) is 5.91 Å². The maximum Gasteiger partial charge on any atom is 0.261 e. The number of nitrogens with one attached hydrogen (secondary N) is 2. The van der Waals surface area contributed by atoms with Gasteiger partial charge in [-0.15, -0.1) is 0 Å². The van der Waals surface area contributed by atoms with Crippen LogP contribution in [0.3, 0.4) is 0 Å². The molecule has 0 unspecified atom stereocenters. The minimum Gasteiger partial charge on any atom is -0.325 e. The van der Waals surface area contributed by atoms with Crippen molar-refractivity contribution in [2.45, 2.75) is 4.90 Å². The van der Waals surface area contributed by atoms with E-state index in [-0.39, 0.29) is 23.3 Å². The van der Waals surface area contributed by atoms with Crippen LogP contribution in [0.15, 0.2) is 95.9 Å². The van der Waals surface area contributed by atoms with Crippen LogP contribution < -0.4 is 14.9 Å². The summed E-state index contributed by atoms with van der Waals surface area (Å²) >= 11 is 0. The zero-order valence-corrected chi connectivity index (χ0v) is 18.2. The van der Waals surface area contributed by atoms with Gasteiger partial charge in [0.25, 0.3) is 15.9 Å². The van der Waals surface area contributed by atoms with Crippen LogP contribution in [0.25, 0.3) is 10.8 Å². The van der Waals surface area contributed by atoms with Crippen LogP contribution in [0.4, 0.5) is 17.1 Å². The van der Waals surface area contributed by atoms with Crippen molar-refractivity contribution in [2.24, 2.45) is 0 Å². The highest BCUT2D eigenvalue weighted by Crippen LogP contribution is 2.36. The van der Waals surface area contributed by atoms with Gasteiger partial charge in [-0.3, -0.25) is 19.2 Å². The molecule has 0 saturated heterocycles. The standard InChI is InChI=1S/C25H19N3O4S/c29-23(16-28-22-11-5-7-17-6-4-10-21(24(17)22)25(28)30)26-18-12-14-20(15-13-18)33(31,32)27-19-8-2-1-3-9-19/h1-15,27H,16H2,(H,26,29). The van der Waals surface area contributed by atoms with Gasteiger partial charge in [0.1, 0.15) is 6.54 Å². The second-order valence-corrected chi connectivity index (χ2v) is 9.30. The van der Waals surface area contributed by atoms with E-state index in [1.54, 1.807) is 36.4 Å². The molecule has 1 aliphatic heterocycles. The number of benzene rings is 4. The topological polar surface area (TPSA) is 95.6 Å². The highest BCUT2D eigenvalue weighted by molar-refractivity contribution is 7.92. The van der Waals surface area contributed by atoms with Crippen LogP contribution in [0.5, 0.6) is 0 Å². The molecule has 2 N–H and O–H groups in total. The largest absolute Gasteiger partial charge is 0.325 e. The molecule has 1 heterocycles. The number of anilines is 3. The monoisotopic (exact) mass is 457 g/mol. The number of carbonyl (C=O) groups excluding carboxylic acids is 2. The third-order valence-corrected chi connectivity index (χ3v) is 6.82. The van der Waals surface area contributed by atoms with Gasteiger partial charge in [-0.05, 0) is 53.9 Å². The third-order valence-electron chi connectivity index (χ3n) is 5.43. The smallest absolute Gasteiger partial charge is 0.261 e. The van der Waals surface area contributed by atoms with Crippen LogP contribution >= 0.6 is 0 Å². The molecule has 0 fully saturated rings. The summed E-state index contributed by atoms with van der Waals surface area (Å²) in [4.78, 5) is 27.0. The van der Waals surface area contributed by atoms with E-state index in [2.05, 4.69) is 10.0 Å². The Labute approximate surface area is 190 Å². The van der Waals surface area contributed by atoms with Gasteiger partial charge in [0.05, 0.1) is 10.6 Å². The Morgan fingerprint density at radius 1 is 0.788 bits per heavy atom. The fourth-order valence-electron chi connectivity index (χ4n) is 3.92. The Bertz CT molecular complexity index is 1480. The molecule has 0 atom stereocenters. The van der Waals surface area contributed by atoms with E-state index in [9.17, 15) is 18.0 Å². The van der Waals surface area contributed by atoms with E-state index in [4.69, 9.17) is 0 Å². The summed E-state index contributed by atoms with van der Waals surface area (Å²) in [6.07, 6.45) is 0. The molecule has 0 aromatic heterocycles. The van der Waals surface area contributed by atoms with E-state index < -0.39 is 10.0 Å². The number of carbonyl (C=O) groups is 2. The molecule has 0 saturated carbocycles. The van der Waals surface area contributed by atoms with Crippen molar-refractivity contribution < 1.29 is 18.0 Å². The lowest BCUT2D eigenvalue weighted by atomic mass is 10.1. The predicted octanol–water partition coefficient (Wildman–Crippen LogP) is 4.24. The Hall–Kier alpha value is -4.17. The molecule has 4 aromatic rings. The fourth-order valence-corrected chi connectivity index (χ4v) is 4.98. The minimum absolute atomic E-state index is 0.0706. The van der Waals surface area contributed by atoms with Gasteiger partial charge in [-0.2, -0.15) is 0 Å². The van der Waals surface area contributed by atoms with Gasteiger partial charge < -0.3 is 5.32 Å². The fraction of sp³-hybridized carbons (Fsp3) is 0.0400. The van der Waals surface area contributed by atoms with E-state index >= 15 is 0 Å². The SMILES string of the molecule is O=C(CN1C(=O)c2cccc3cccc1c23)Nc1ccc(S(=O)(=O)Nc2ccccc2)cc1. The van der Waals surface area contributed by atoms with Crippen molar-refractivity contribution >= 4 is 49.7 Å². The molecule has 33 heavy (non-hydrogen) atoms. The predicted molar refractivity (Wildman–Crippen MR) is 128 cm³/mol. The van der Waals surface area contributed by atoms with Gasteiger partial charge in [-0.25, -0.2) is 8.42 Å². The average molecular weight is 458 g/mol. The van der Waals surface area contributed by atoms with Crippen molar-refractivity contribution in [1.29, 1.82) is 0 Å². The van der Waals surface area contributed by atoms with Crippen LogP contribution in [-0.2, 0) is 14.8 Å². The quantitative estimate of drug-likeness (QED) is 0.453. The molecule has 0 bridgehead atoms. The van der Waals surface area contributed by atoms with Gasteiger partial charge in [0.15, 0.2) is 0 Å². The van der Waals surface area contributed by atoms with Crippen LogP contribution in [0.2, 0.25) is 0 Å². The molecule has 1 aliphatic rings. The van der Waals surface area contributed by atoms with Crippen molar-refractivity contribution in [3.63, 3.8) is 0 Å². The minimum atomic E-state index is -3.75. The average Bonchev–Trinajstić information content (AvgIpc) is 3.08. The maximum atomic E-state index is 12.8. The van der Waals surface area contributed by atoms with Crippen molar-refractivity contribution in [3.05, 3.63) is 96.6 Å². The summed E-state index contributed by atoms with van der Waals surface area (Å²) in [7, 11) is -3.75. The molecule has 0 aliphatic carbocycles. The molecule has 2 amide bonds. The molecular weight excluding hydrogens is 438 g/mol. The number of hydrogen-bond acceptors (Lipinski definition) is 4. The van der Waals surface area contributed by atoms with Gasteiger partial charge >= 0.3 is 0 Å². The van der Waals surface area contributed by atoms with E-state index in [1.165, 1.54) is 29.2 Å². The third kappa shape index (κ3) is 3.92. The Kier molecular flexibility index (Phi) is 5.07. The zero-order chi connectivity index (χ0) is 23.0. The highest BCUT2D eigenvalue weighted by atomic mass is 32.2. The summed E-state index contributed by atoms with van der Waals surface area (Å²) in [5.74, 6) is -0.600. The molecule has 164 valence electrons. The summed E-state index contributed by atoms with van der Waals surface area (Å²) in [6.45, 7) is -0.151. The number of sulfonamides is 1. The lowest BCUT2D eigenvalue weighted by Gasteiger charge is -2.17. The van der Waals surface area contributed by atoms with E-state index in [1.807, 2.05) is 30.3 Å². The lowest BCUT2D eigenvalue weighted by Crippen LogP contribution is -2.35. The number of nitrogens with zero attached hydrogens (tertiary/aromatic N) is 1. The van der Waals surface area contributed by atoms with E-state index in [0.29, 0.717) is 22.6 Å². The molecule has 8 heteroatoms. The van der Waals surface area contributed by atoms with Gasteiger partial charge in [0, 0.05) is 22.3 Å². The first-order valence-corrected chi connectivity index (χ1v) is 11.7. The van der Waals surface area contributed by atoms with Crippen LogP contribution in [-0.4, -0.2) is 26.8 Å². The molecule has 5 rings (SSSR count). The number of rotatable bonds is 6. The summed E-state index contributed by atoms with van der Waals surface area (Å²) < 4.78 is 27.6.